The highest BCUT2D eigenvalue weighted by atomic mass is 16.6. The number of methoxy groups -OCH3 is 1. The SMILES string of the molecule is CCOC(=O)COc1ccc(C(=O)CN)c(OC)c1. The summed E-state index contributed by atoms with van der Waals surface area (Å²) in [5.74, 6) is 0.0904. The molecular weight excluding hydrogens is 250 g/mol. The predicted octanol–water partition coefficient (Wildman–Crippen LogP) is 0.779. The van der Waals surface area contributed by atoms with Crippen molar-refractivity contribution in [2.75, 3.05) is 26.9 Å². The number of esters is 1. The minimum atomic E-state index is -0.455. The lowest BCUT2D eigenvalue weighted by Gasteiger charge is -2.10. The van der Waals surface area contributed by atoms with Crippen molar-refractivity contribution in [1.29, 1.82) is 0 Å². The van der Waals surface area contributed by atoms with Crippen LogP contribution in [-0.4, -0.2) is 38.6 Å². The summed E-state index contributed by atoms with van der Waals surface area (Å²) in [5.41, 5.74) is 5.68. The molecule has 0 aliphatic carbocycles. The van der Waals surface area contributed by atoms with Crippen LogP contribution >= 0.6 is 0 Å². The van der Waals surface area contributed by atoms with Crippen molar-refractivity contribution in [1.82, 2.24) is 0 Å². The van der Waals surface area contributed by atoms with E-state index in [1.807, 2.05) is 0 Å². The summed E-state index contributed by atoms with van der Waals surface area (Å²) in [6.07, 6.45) is 0. The van der Waals surface area contributed by atoms with E-state index >= 15 is 0 Å². The number of benzene rings is 1. The molecule has 0 bridgehead atoms. The Bertz CT molecular complexity index is 458. The quantitative estimate of drug-likeness (QED) is 0.580. The summed E-state index contributed by atoms with van der Waals surface area (Å²) >= 11 is 0. The Kier molecular flexibility index (Phi) is 5.81. The smallest absolute Gasteiger partial charge is 0.344 e. The largest absolute Gasteiger partial charge is 0.496 e. The lowest BCUT2D eigenvalue weighted by molar-refractivity contribution is -0.145. The molecule has 104 valence electrons. The Morgan fingerprint density at radius 1 is 1.32 bits per heavy atom. The van der Waals surface area contributed by atoms with Crippen molar-refractivity contribution < 1.29 is 23.8 Å². The number of carbonyl (C=O) groups excluding carboxylic acids is 2. The van der Waals surface area contributed by atoms with E-state index in [0.29, 0.717) is 23.7 Å². The number of carbonyl (C=O) groups is 2. The fourth-order valence-corrected chi connectivity index (χ4v) is 1.45. The summed E-state index contributed by atoms with van der Waals surface area (Å²) in [5, 5.41) is 0. The summed E-state index contributed by atoms with van der Waals surface area (Å²) in [4.78, 5) is 22.7. The van der Waals surface area contributed by atoms with Crippen LogP contribution in [-0.2, 0) is 9.53 Å². The van der Waals surface area contributed by atoms with Gasteiger partial charge in [-0.15, -0.1) is 0 Å². The first-order valence-corrected chi connectivity index (χ1v) is 5.82. The molecule has 0 saturated heterocycles. The van der Waals surface area contributed by atoms with Crippen LogP contribution < -0.4 is 15.2 Å². The van der Waals surface area contributed by atoms with Gasteiger partial charge in [0.1, 0.15) is 11.5 Å². The molecule has 19 heavy (non-hydrogen) atoms. The van der Waals surface area contributed by atoms with Crippen LogP contribution in [0.4, 0.5) is 0 Å². The van der Waals surface area contributed by atoms with Crippen molar-refractivity contribution in [3.05, 3.63) is 23.8 Å². The van der Waals surface area contributed by atoms with Gasteiger partial charge in [0.2, 0.25) is 0 Å². The van der Waals surface area contributed by atoms with E-state index in [1.165, 1.54) is 13.2 Å². The Labute approximate surface area is 111 Å². The first kappa shape index (κ1) is 15.0. The molecule has 2 N–H and O–H groups in total. The third-order valence-corrected chi connectivity index (χ3v) is 2.32. The monoisotopic (exact) mass is 267 g/mol. The molecule has 0 radical (unpaired) electrons. The lowest BCUT2D eigenvalue weighted by Crippen LogP contribution is -2.16. The Hall–Kier alpha value is -2.08. The minimum absolute atomic E-state index is 0.0978. The van der Waals surface area contributed by atoms with Crippen LogP contribution in [0.1, 0.15) is 17.3 Å². The van der Waals surface area contributed by atoms with Gasteiger partial charge in [0.25, 0.3) is 0 Å². The van der Waals surface area contributed by atoms with Crippen molar-refractivity contribution in [2.45, 2.75) is 6.92 Å². The third kappa shape index (κ3) is 4.26. The molecule has 0 aliphatic rings. The van der Waals surface area contributed by atoms with E-state index in [4.69, 9.17) is 19.9 Å². The van der Waals surface area contributed by atoms with Gasteiger partial charge in [-0.05, 0) is 19.1 Å². The van der Waals surface area contributed by atoms with Crippen LogP contribution in [0, 0.1) is 0 Å². The van der Waals surface area contributed by atoms with E-state index < -0.39 is 5.97 Å². The summed E-state index contributed by atoms with van der Waals surface area (Å²) in [6, 6.07) is 4.65. The zero-order chi connectivity index (χ0) is 14.3. The molecule has 0 heterocycles. The van der Waals surface area contributed by atoms with Crippen molar-refractivity contribution in [3.8, 4) is 11.5 Å². The highest BCUT2D eigenvalue weighted by Gasteiger charge is 2.12. The standard InChI is InChI=1S/C13H17NO5/c1-3-18-13(16)8-19-9-4-5-10(11(15)7-14)12(6-9)17-2/h4-6H,3,7-8,14H2,1-2H3. The summed E-state index contributed by atoms with van der Waals surface area (Å²) in [6.45, 7) is 1.73. The number of ketones is 1. The molecule has 0 fully saturated rings. The zero-order valence-electron chi connectivity index (χ0n) is 11.0. The van der Waals surface area contributed by atoms with Crippen LogP contribution in [0.2, 0.25) is 0 Å². The van der Waals surface area contributed by atoms with E-state index in [-0.39, 0.29) is 18.9 Å². The normalized spacial score (nSPS) is 9.84. The van der Waals surface area contributed by atoms with Gasteiger partial charge < -0.3 is 19.9 Å². The number of hydrogen-bond donors (Lipinski definition) is 1. The van der Waals surface area contributed by atoms with Gasteiger partial charge in [-0.25, -0.2) is 4.79 Å². The average Bonchev–Trinajstić information content (AvgIpc) is 2.44. The topological polar surface area (TPSA) is 87.9 Å². The second kappa shape index (κ2) is 7.38. The van der Waals surface area contributed by atoms with Crippen LogP contribution in [0.25, 0.3) is 0 Å². The lowest BCUT2D eigenvalue weighted by atomic mass is 10.1. The second-order valence-corrected chi connectivity index (χ2v) is 3.58. The van der Waals surface area contributed by atoms with Crippen molar-refractivity contribution in [2.24, 2.45) is 5.73 Å². The maximum atomic E-state index is 11.5. The maximum absolute atomic E-state index is 11.5. The summed E-state index contributed by atoms with van der Waals surface area (Å²) < 4.78 is 15.1. The number of rotatable bonds is 7. The molecule has 0 amide bonds. The number of hydrogen-bond acceptors (Lipinski definition) is 6. The van der Waals surface area contributed by atoms with E-state index in [2.05, 4.69) is 0 Å². The van der Waals surface area contributed by atoms with Crippen molar-refractivity contribution >= 4 is 11.8 Å². The number of ether oxygens (including phenoxy) is 3. The van der Waals surface area contributed by atoms with Crippen LogP contribution in [0.5, 0.6) is 11.5 Å². The van der Waals surface area contributed by atoms with Crippen LogP contribution in [0.15, 0.2) is 18.2 Å². The molecule has 6 nitrogen and oxygen atoms in total. The van der Waals surface area contributed by atoms with Gasteiger partial charge in [0, 0.05) is 6.07 Å². The molecule has 1 aromatic rings. The number of Topliss-reactive ketones (excluding diaryl/α,β-unsaturated/α-hetero) is 1. The van der Waals surface area contributed by atoms with Gasteiger partial charge in [0.05, 0.1) is 25.8 Å². The number of nitrogens with two attached hydrogens (primary N) is 1. The Balaban J connectivity index is 2.77. The first-order valence-electron chi connectivity index (χ1n) is 5.82. The molecule has 0 unspecified atom stereocenters. The second-order valence-electron chi connectivity index (χ2n) is 3.58. The van der Waals surface area contributed by atoms with Gasteiger partial charge in [-0.3, -0.25) is 4.79 Å². The Morgan fingerprint density at radius 3 is 2.63 bits per heavy atom. The van der Waals surface area contributed by atoms with E-state index in [9.17, 15) is 9.59 Å². The fraction of sp³-hybridized carbons (Fsp3) is 0.385. The zero-order valence-corrected chi connectivity index (χ0v) is 11.0. The maximum Gasteiger partial charge on any atom is 0.344 e. The Morgan fingerprint density at radius 2 is 2.05 bits per heavy atom. The molecule has 0 saturated carbocycles. The summed E-state index contributed by atoms with van der Waals surface area (Å²) in [7, 11) is 1.44. The molecule has 6 heteroatoms. The van der Waals surface area contributed by atoms with Gasteiger partial charge >= 0.3 is 5.97 Å². The van der Waals surface area contributed by atoms with Gasteiger partial charge in [0.15, 0.2) is 12.4 Å². The van der Waals surface area contributed by atoms with E-state index in [1.54, 1.807) is 19.1 Å². The molecule has 0 spiro atoms. The molecule has 0 aromatic heterocycles. The highest BCUT2D eigenvalue weighted by Crippen LogP contribution is 2.25. The third-order valence-electron chi connectivity index (χ3n) is 2.32. The molecular formula is C13H17NO5. The van der Waals surface area contributed by atoms with Gasteiger partial charge in [-0.2, -0.15) is 0 Å². The fourth-order valence-electron chi connectivity index (χ4n) is 1.45. The minimum Gasteiger partial charge on any atom is -0.496 e. The first-order chi connectivity index (χ1) is 9.12. The highest BCUT2D eigenvalue weighted by molar-refractivity contribution is 6.00. The molecule has 0 atom stereocenters. The molecule has 0 aliphatic heterocycles. The van der Waals surface area contributed by atoms with Crippen LogP contribution in [0.3, 0.4) is 0 Å². The molecule has 1 aromatic carbocycles. The van der Waals surface area contributed by atoms with Crippen molar-refractivity contribution in [3.63, 3.8) is 0 Å². The molecule has 1 rings (SSSR count). The predicted molar refractivity (Wildman–Crippen MR) is 68.5 cm³/mol. The van der Waals surface area contributed by atoms with Gasteiger partial charge in [-0.1, -0.05) is 0 Å². The average molecular weight is 267 g/mol. The van der Waals surface area contributed by atoms with E-state index in [0.717, 1.165) is 0 Å².